The van der Waals surface area contributed by atoms with Crippen LogP contribution in [0.4, 0.5) is 34.1 Å². The molecule has 0 spiro atoms. The monoisotopic (exact) mass is 853 g/mol. The Morgan fingerprint density at radius 3 is 0.403 bits per heavy atom. The Balaban J connectivity index is -0.0000000958. The van der Waals surface area contributed by atoms with Crippen LogP contribution in [0.1, 0.15) is 113 Å². The minimum absolute atomic E-state index is 0. The van der Waals surface area contributed by atoms with E-state index in [1.807, 2.05) is 172 Å². The molecule has 4 nitrogen and oxygen atoms in total. The molecule has 6 aromatic rings. The molecule has 0 atom stereocenters. The number of para-hydroxylation sites is 6. The van der Waals surface area contributed by atoms with Crippen molar-refractivity contribution in [1.29, 1.82) is 0 Å². The molecule has 62 heavy (non-hydrogen) atoms. The van der Waals surface area contributed by atoms with Gasteiger partial charge in [0, 0.05) is 76.4 Å². The van der Waals surface area contributed by atoms with Crippen LogP contribution in [0.2, 0.25) is 0 Å². The van der Waals surface area contributed by atoms with Crippen LogP contribution in [0.25, 0.3) is 0 Å². The van der Waals surface area contributed by atoms with Gasteiger partial charge in [0.15, 0.2) is 0 Å². The molecule has 4 heteroatoms. The molecule has 0 aromatic heterocycles. The molecular weight excluding hydrogens is 753 g/mol. The van der Waals surface area contributed by atoms with Crippen molar-refractivity contribution in [3.8, 4) is 0 Å². The summed E-state index contributed by atoms with van der Waals surface area (Å²) in [6, 6.07) is 61.9. The highest BCUT2D eigenvalue weighted by Gasteiger charge is 2.01. The number of rotatable bonds is 6. The van der Waals surface area contributed by atoms with Crippen LogP contribution in [0.15, 0.2) is 182 Å². The normalized spacial score (nSPS) is 7.65. The van der Waals surface area contributed by atoms with Crippen molar-refractivity contribution in [2.24, 2.45) is 0 Å². The van der Waals surface area contributed by atoms with Gasteiger partial charge in [-0.05, 0) is 72.8 Å². The maximum Gasteiger partial charge on any atom is 0.0408 e. The molecule has 0 unspecified atom stereocenters. The van der Waals surface area contributed by atoms with Crippen LogP contribution in [0.5, 0.6) is 0 Å². The largest absolute Gasteiger partial charge is 0.378 e. The molecule has 0 fully saturated rings. The highest BCUT2D eigenvalue weighted by Crippen LogP contribution is 2.23. The van der Waals surface area contributed by atoms with Gasteiger partial charge in [0.25, 0.3) is 0 Å². The summed E-state index contributed by atoms with van der Waals surface area (Å²) in [4.78, 5) is 8.50. The zero-order chi connectivity index (χ0) is 45.0. The van der Waals surface area contributed by atoms with Crippen LogP contribution in [0, 0.1) is 0 Å². The van der Waals surface area contributed by atoms with Gasteiger partial charge in [0.05, 0.1) is 0 Å². The number of hydrogen-bond donors (Lipinski definition) is 0. The first-order valence-electron chi connectivity index (χ1n) is 21.5. The molecule has 0 heterocycles. The molecule has 352 valence electrons. The van der Waals surface area contributed by atoms with E-state index in [-0.39, 0.29) is 29.7 Å². The van der Waals surface area contributed by atoms with Gasteiger partial charge < -0.3 is 19.6 Å². The minimum Gasteiger partial charge on any atom is -0.378 e. The number of anilines is 6. The van der Waals surface area contributed by atoms with Gasteiger partial charge in [-0.1, -0.05) is 222 Å². The molecule has 0 saturated carbocycles. The van der Waals surface area contributed by atoms with Crippen LogP contribution in [-0.4, -0.2) is 42.3 Å². The molecule has 0 aliphatic carbocycles. The molecule has 0 aliphatic rings. The van der Waals surface area contributed by atoms with E-state index in [4.69, 9.17) is 0 Å². The van der Waals surface area contributed by atoms with Crippen molar-refractivity contribution < 1.29 is 0 Å². The third-order valence-corrected chi connectivity index (χ3v) is 7.12. The Hall–Kier alpha value is -5.48. The Morgan fingerprint density at radius 2 is 0.306 bits per heavy atom. The first kappa shape index (κ1) is 74.0. The zero-order valence-electron chi connectivity index (χ0n) is 40.1. The number of benzene rings is 6. The number of hydrogen-bond acceptors (Lipinski definition) is 4. The van der Waals surface area contributed by atoms with Crippen molar-refractivity contribution in [3.63, 3.8) is 0 Å². The van der Waals surface area contributed by atoms with Gasteiger partial charge in [-0.25, -0.2) is 0 Å². The lowest BCUT2D eigenvalue weighted by atomic mass is 10.2. The number of nitrogens with zero attached hydrogens (tertiary/aromatic N) is 4. The van der Waals surface area contributed by atoms with E-state index in [0.717, 1.165) is 0 Å². The summed E-state index contributed by atoms with van der Waals surface area (Å²) in [5, 5.41) is 0. The third-order valence-electron chi connectivity index (χ3n) is 7.12. The van der Waals surface area contributed by atoms with E-state index < -0.39 is 0 Å². The highest BCUT2D eigenvalue weighted by atomic mass is 15.1. The van der Waals surface area contributed by atoms with E-state index >= 15 is 0 Å². The minimum atomic E-state index is 0. The summed E-state index contributed by atoms with van der Waals surface area (Å²) in [6.45, 7) is 24.0. The molecule has 0 N–H and O–H groups in total. The summed E-state index contributed by atoms with van der Waals surface area (Å²) in [7, 11) is 12.3. The van der Waals surface area contributed by atoms with E-state index in [1.54, 1.807) is 0 Å². The lowest BCUT2D eigenvalue weighted by molar-refractivity contribution is 1.13. The average molecular weight is 853 g/mol. The summed E-state index contributed by atoms with van der Waals surface area (Å²) >= 11 is 0. The van der Waals surface area contributed by atoms with E-state index in [2.05, 4.69) is 155 Å². The van der Waals surface area contributed by atoms with Crippen molar-refractivity contribution >= 4 is 34.1 Å². The fraction of sp³-hybridized carbons (Fsp3) is 0.379. The Kier molecular flexibility index (Phi) is 66.3. The molecule has 0 aliphatic heterocycles. The molecule has 6 rings (SSSR count). The van der Waals surface area contributed by atoms with Gasteiger partial charge in [-0.2, -0.15) is 0 Å². The van der Waals surface area contributed by atoms with Gasteiger partial charge in [0.1, 0.15) is 0 Å². The first-order valence-corrected chi connectivity index (χ1v) is 21.5. The Bertz CT molecular complexity index is 1380. The van der Waals surface area contributed by atoms with Crippen LogP contribution in [0.3, 0.4) is 0 Å². The van der Waals surface area contributed by atoms with Crippen LogP contribution in [-0.2, 0) is 0 Å². The van der Waals surface area contributed by atoms with Crippen molar-refractivity contribution in [1.82, 2.24) is 0 Å². The predicted molar refractivity (Wildman–Crippen MR) is 298 cm³/mol. The summed E-state index contributed by atoms with van der Waals surface area (Å²) in [6.07, 6.45) is 0. The zero-order valence-corrected chi connectivity index (χ0v) is 40.1. The van der Waals surface area contributed by atoms with E-state index in [1.165, 1.54) is 34.1 Å². The summed E-state index contributed by atoms with van der Waals surface area (Å²) in [5.41, 5.74) is 7.32. The quantitative estimate of drug-likeness (QED) is 0.165. The lowest BCUT2D eigenvalue weighted by Crippen LogP contribution is -2.08. The molecule has 0 radical (unpaired) electrons. The summed E-state index contributed by atoms with van der Waals surface area (Å²) in [5.74, 6) is 0. The SMILES string of the molecule is C.C.C.C.CC.CC.CC.CC.CC.CC.CN(C)c1ccccc1.CN(C)c1ccccc1.CN(c1ccccc1)c1ccccc1.CN(c1ccccc1)c1ccccc1. The Morgan fingerprint density at radius 1 is 0.194 bits per heavy atom. The first-order chi connectivity index (χ1) is 28.4. The maximum atomic E-state index is 2.17. The summed E-state index contributed by atoms with van der Waals surface area (Å²) < 4.78 is 0. The second kappa shape index (κ2) is 55.5. The third kappa shape index (κ3) is 35.3. The van der Waals surface area contributed by atoms with Gasteiger partial charge >= 0.3 is 0 Å². The lowest BCUT2D eigenvalue weighted by Gasteiger charge is -2.18. The molecule has 6 aromatic carbocycles. The Labute approximate surface area is 389 Å². The standard InChI is InChI=1S/2C13H13N.2C8H11N.6C2H6.4CH4/c2*1-14(12-8-4-2-5-9-12)13-10-6-3-7-11-13;2*1-9(2)8-6-4-3-5-7-8;6*1-2;;;;/h2*2-11H,1H3;2*3-7H,1-2H3;6*1-2H3;4*1H4. The van der Waals surface area contributed by atoms with Crippen LogP contribution >= 0.6 is 0 Å². The fourth-order valence-corrected chi connectivity index (χ4v) is 4.36. The van der Waals surface area contributed by atoms with Gasteiger partial charge in [-0.15, -0.1) is 0 Å². The van der Waals surface area contributed by atoms with E-state index in [9.17, 15) is 0 Å². The van der Waals surface area contributed by atoms with Crippen LogP contribution < -0.4 is 19.6 Å². The molecular formula is C58H100N4. The van der Waals surface area contributed by atoms with Gasteiger partial charge in [0.2, 0.25) is 0 Å². The van der Waals surface area contributed by atoms with Gasteiger partial charge in [-0.3, -0.25) is 0 Å². The second-order valence-corrected chi connectivity index (χ2v) is 10.9. The fourth-order valence-electron chi connectivity index (χ4n) is 4.36. The highest BCUT2D eigenvalue weighted by molar-refractivity contribution is 5.62. The smallest absolute Gasteiger partial charge is 0.0408 e. The average Bonchev–Trinajstić information content (AvgIpc) is 3.34. The second-order valence-electron chi connectivity index (χ2n) is 10.9. The molecule has 0 bridgehead atoms. The van der Waals surface area contributed by atoms with Crippen molar-refractivity contribution in [2.75, 3.05) is 61.9 Å². The molecule has 0 amide bonds. The topological polar surface area (TPSA) is 13.0 Å². The van der Waals surface area contributed by atoms with E-state index in [0.29, 0.717) is 0 Å². The molecule has 0 saturated heterocycles. The van der Waals surface area contributed by atoms with Crippen molar-refractivity contribution in [2.45, 2.75) is 113 Å². The van der Waals surface area contributed by atoms with Crippen molar-refractivity contribution in [3.05, 3.63) is 182 Å². The predicted octanol–water partition coefficient (Wildman–Crippen LogP) is 19.1. The maximum absolute atomic E-state index is 2.17.